The van der Waals surface area contributed by atoms with E-state index in [1.807, 2.05) is 13.1 Å². The van der Waals surface area contributed by atoms with E-state index in [1.165, 1.54) is 24.0 Å². The highest BCUT2D eigenvalue weighted by Crippen LogP contribution is 2.39. The molecule has 1 aromatic carbocycles. The maximum Gasteiger partial charge on any atom is 0.224 e. The molecule has 0 atom stereocenters. The lowest BCUT2D eigenvalue weighted by molar-refractivity contribution is 0.455. The van der Waals surface area contributed by atoms with E-state index in [4.69, 9.17) is 4.74 Å². The van der Waals surface area contributed by atoms with Gasteiger partial charge in [0.05, 0.1) is 0 Å². The first kappa shape index (κ1) is 13.9. The van der Waals surface area contributed by atoms with Gasteiger partial charge in [0.2, 0.25) is 5.88 Å². The molecule has 1 saturated carbocycles. The fraction of sp³-hybridized carbons (Fsp3) is 0.412. The second-order valence-electron chi connectivity index (χ2n) is 5.78. The molecule has 1 heterocycles. The quantitative estimate of drug-likeness (QED) is 0.917. The van der Waals surface area contributed by atoms with Crippen molar-refractivity contribution in [3.05, 3.63) is 40.7 Å². The molecule has 110 valence electrons. The van der Waals surface area contributed by atoms with E-state index in [0.29, 0.717) is 11.8 Å². The number of anilines is 1. The fourth-order valence-corrected chi connectivity index (χ4v) is 2.37. The Morgan fingerprint density at radius 1 is 1.10 bits per heavy atom. The number of ether oxygens (including phenoxy) is 1. The van der Waals surface area contributed by atoms with Crippen molar-refractivity contribution in [2.75, 3.05) is 12.4 Å². The number of benzene rings is 1. The Morgan fingerprint density at radius 3 is 2.52 bits per heavy atom. The van der Waals surface area contributed by atoms with Gasteiger partial charge >= 0.3 is 0 Å². The van der Waals surface area contributed by atoms with Crippen molar-refractivity contribution in [2.45, 2.75) is 39.5 Å². The molecule has 0 saturated heterocycles. The second kappa shape index (κ2) is 5.35. The number of rotatable bonds is 4. The van der Waals surface area contributed by atoms with Crippen molar-refractivity contribution in [2.24, 2.45) is 0 Å². The zero-order valence-electron chi connectivity index (χ0n) is 13.0. The average Bonchev–Trinajstić information content (AvgIpc) is 3.28. The monoisotopic (exact) mass is 283 g/mol. The maximum atomic E-state index is 6.04. The van der Waals surface area contributed by atoms with Crippen LogP contribution in [0.25, 0.3) is 0 Å². The van der Waals surface area contributed by atoms with Crippen molar-refractivity contribution in [3.63, 3.8) is 0 Å². The van der Waals surface area contributed by atoms with Crippen molar-refractivity contribution >= 4 is 5.82 Å². The highest BCUT2D eigenvalue weighted by Gasteiger charge is 2.27. The molecule has 1 aliphatic carbocycles. The van der Waals surface area contributed by atoms with Gasteiger partial charge in [-0.05, 0) is 56.4 Å². The molecule has 0 bridgehead atoms. The molecular weight excluding hydrogens is 262 g/mol. The molecule has 0 radical (unpaired) electrons. The molecule has 4 heteroatoms. The van der Waals surface area contributed by atoms with Crippen LogP contribution in [0, 0.1) is 20.8 Å². The van der Waals surface area contributed by atoms with E-state index in [-0.39, 0.29) is 0 Å². The molecule has 4 nitrogen and oxygen atoms in total. The summed E-state index contributed by atoms with van der Waals surface area (Å²) in [5, 5.41) is 3.08. The number of nitrogens with zero attached hydrogens (tertiary/aromatic N) is 2. The van der Waals surface area contributed by atoms with Crippen LogP contribution in [-0.2, 0) is 0 Å². The number of hydrogen-bond donors (Lipinski definition) is 1. The van der Waals surface area contributed by atoms with Crippen molar-refractivity contribution in [1.29, 1.82) is 0 Å². The largest absolute Gasteiger partial charge is 0.439 e. The molecule has 2 aromatic rings. The smallest absolute Gasteiger partial charge is 0.224 e. The second-order valence-corrected chi connectivity index (χ2v) is 5.78. The Bertz CT molecular complexity index is 678. The summed E-state index contributed by atoms with van der Waals surface area (Å²) in [6.45, 7) is 6.25. The van der Waals surface area contributed by atoms with Gasteiger partial charge in [-0.1, -0.05) is 6.07 Å². The Labute approximate surface area is 125 Å². The molecule has 1 aromatic heterocycles. The number of aryl methyl sites for hydroxylation is 2. The number of aromatic nitrogens is 2. The van der Waals surface area contributed by atoms with Crippen LogP contribution in [0.4, 0.5) is 5.82 Å². The fourth-order valence-electron chi connectivity index (χ4n) is 2.37. The summed E-state index contributed by atoms with van der Waals surface area (Å²) in [7, 11) is 1.87. The topological polar surface area (TPSA) is 47.0 Å². The van der Waals surface area contributed by atoms with Gasteiger partial charge in [-0.3, -0.25) is 0 Å². The molecule has 0 aliphatic heterocycles. The first-order valence-corrected chi connectivity index (χ1v) is 7.39. The van der Waals surface area contributed by atoms with Crippen molar-refractivity contribution in [3.8, 4) is 11.6 Å². The molecule has 0 spiro atoms. The Morgan fingerprint density at radius 2 is 1.86 bits per heavy atom. The van der Waals surface area contributed by atoms with Gasteiger partial charge in [0.15, 0.2) is 0 Å². The summed E-state index contributed by atoms with van der Waals surface area (Å²) < 4.78 is 6.04. The molecule has 1 fully saturated rings. The van der Waals surface area contributed by atoms with E-state index in [2.05, 4.69) is 48.2 Å². The van der Waals surface area contributed by atoms with E-state index in [0.717, 1.165) is 23.0 Å². The normalized spacial score (nSPS) is 14.1. The van der Waals surface area contributed by atoms with Crippen molar-refractivity contribution < 1.29 is 4.74 Å². The first-order valence-electron chi connectivity index (χ1n) is 7.39. The van der Waals surface area contributed by atoms with E-state index >= 15 is 0 Å². The summed E-state index contributed by atoms with van der Waals surface area (Å²) >= 11 is 0. The SMILES string of the molecule is CNc1cc(Oc2cc(C)cc(C)c2C)nc(C2CC2)n1. The van der Waals surface area contributed by atoms with Crippen LogP contribution in [0.3, 0.4) is 0 Å². The molecule has 0 unspecified atom stereocenters. The highest BCUT2D eigenvalue weighted by molar-refractivity contribution is 5.45. The maximum absolute atomic E-state index is 6.04. The summed E-state index contributed by atoms with van der Waals surface area (Å²) in [6.07, 6.45) is 2.35. The van der Waals surface area contributed by atoms with E-state index in [1.54, 1.807) is 0 Å². The van der Waals surface area contributed by atoms with Crippen molar-refractivity contribution in [1.82, 2.24) is 9.97 Å². The Balaban J connectivity index is 1.96. The lowest BCUT2D eigenvalue weighted by Crippen LogP contribution is -2.01. The summed E-state index contributed by atoms with van der Waals surface area (Å²) in [4.78, 5) is 9.08. The van der Waals surface area contributed by atoms with Crippen LogP contribution in [0.1, 0.15) is 41.3 Å². The minimum atomic E-state index is 0.501. The van der Waals surface area contributed by atoms with Gasteiger partial charge in [0.25, 0.3) is 0 Å². The van der Waals surface area contributed by atoms with Crippen LogP contribution in [0.15, 0.2) is 18.2 Å². The molecular formula is C17H21N3O. The minimum Gasteiger partial charge on any atom is -0.439 e. The van der Waals surface area contributed by atoms with Gasteiger partial charge in [-0.2, -0.15) is 4.98 Å². The van der Waals surface area contributed by atoms with Gasteiger partial charge in [-0.15, -0.1) is 0 Å². The third-order valence-electron chi connectivity index (χ3n) is 3.90. The molecule has 1 aliphatic rings. The van der Waals surface area contributed by atoms with Crippen LogP contribution < -0.4 is 10.1 Å². The predicted octanol–water partition coefficient (Wildman–Crippen LogP) is 4.11. The zero-order chi connectivity index (χ0) is 15.0. The summed E-state index contributed by atoms with van der Waals surface area (Å²) in [5.41, 5.74) is 3.58. The highest BCUT2D eigenvalue weighted by atomic mass is 16.5. The minimum absolute atomic E-state index is 0.501. The van der Waals surface area contributed by atoms with Gasteiger partial charge < -0.3 is 10.1 Å². The predicted molar refractivity (Wildman–Crippen MR) is 84.3 cm³/mol. The zero-order valence-corrected chi connectivity index (χ0v) is 13.0. The third-order valence-corrected chi connectivity index (χ3v) is 3.90. The molecule has 21 heavy (non-hydrogen) atoms. The standard InChI is InChI=1S/C17H21N3O/c1-10-7-11(2)12(3)14(8-10)21-16-9-15(18-4)19-17(20-16)13-5-6-13/h7-9,13H,5-6H2,1-4H3,(H,18,19,20). The van der Waals surface area contributed by atoms with Gasteiger partial charge in [-0.25, -0.2) is 4.98 Å². The van der Waals surface area contributed by atoms with E-state index in [9.17, 15) is 0 Å². The number of nitrogens with one attached hydrogen (secondary N) is 1. The lowest BCUT2D eigenvalue weighted by Gasteiger charge is -2.13. The molecule has 0 amide bonds. The Kier molecular flexibility index (Phi) is 3.53. The van der Waals surface area contributed by atoms with Crippen LogP contribution in [0.2, 0.25) is 0 Å². The van der Waals surface area contributed by atoms with Crippen LogP contribution in [-0.4, -0.2) is 17.0 Å². The average molecular weight is 283 g/mol. The third kappa shape index (κ3) is 2.99. The summed E-state index contributed by atoms with van der Waals surface area (Å²) in [6, 6.07) is 6.07. The van der Waals surface area contributed by atoms with Gasteiger partial charge in [0, 0.05) is 19.0 Å². The van der Waals surface area contributed by atoms with Crippen LogP contribution >= 0.6 is 0 Å². The van der Waals surface area contributed by atoms with E-state index < -0.39 is 0 Å². The van der Waals surface area contributed by atoms with Crippen LogP contribution in [0.5, 0.6) is 11.6 Å². The molecule has 3 rings (SSSR count). The molecule has 1 N–H and O–H groups in total. The first-order chi connectivity index (χ1) is 10.1. The number of hydrogen-bond acceptors (Lipinski definition) is 4. The lowest BCUT2D eigenvalue weighted by atomic mass is 10.1. The summed E-state index contributed by atoms with van der Waals surface area (Å²) in [5.74, 6) is 3.68. The Hall–Kier alpha value is -2.10. The van der Waals surface area contributed by atoms with Gasteiger partial charge in [0.1, 0.15) is 17.4 Å².